The van der Waals surface area contributed by atoms with E-state index in [1.54, 1.807) is 43.3 Å². The molecule has 0 unspecified atom stereocenters. The summed E-state index contributed by atoms with van der Waals surface area (Å²) in [5, 5.41) is 3.29. The molecule has 138 valence electrons. The predicted molar refractivity (Wildman–Crippen MR) is 106 cm³/mol. The van der Waals surface area contributed by atoms with Crippen molar-refractivity contribution < 1.29 is 9.18 Å². The average Bonchev–Trinajstić information content (AvgIpc) is 2.70. The highest BCUT2D eigenvalue weighted by Crippen LogP contribution is 2.16. The van der Waals surface area contributed by atoms with Gasteiger partial charge in [0.15, 0.2) is 0 Å². The van der Waals surface area contributed by atoms with E-state index in [-0.39, 0.29) is 11.5 Å². The van der Waals surface area contributed by atoms with Gasteiger partial charge < -0.3 is 5.32 Å². The molecule has 4 rings (SSSR count). The van der Waals surface area contributed by atoms with Crippen molar-refractivity contribution in [3.8, 4) is 5.69 Å². The van der Waals surface area contributed by atoms with Crippen LogP contribution in [0.2, 0.25) is 0 Å². The number of rotatable bonds is 3. The number of nitrogens with one attached hydrogen (secondary N) is 1. The number of fused-ring (bicyclic) bond motifs is 1. The molecule has 0 spiro atoms. The number of amides is 1. The number of halogens is 1. The van der Waals surface area contributed by atoms with Crippen LogP contribution in [-0.4, -0.2) is 15.5 Å². The number of para-hydroxylation sites is 1. The summed E-state index contributed by atoms with van der Waals surface area (Å²) in [6, 6.07) is 19.4. The smallest absolute Gasteiger partial charge is 0.265 e. The second-order valence-electron chi connectivity index (χ2n) is 6.32. The lowest BCUT2D eigenvalue weighted by atomic mass is 10.2. The number of carbonyl (C=O) groups is 1. The van der Waals surface area contributed by atoms with Gasteiger partial charge in [0.2, 0.25) is 0 Å². The maximum absolute atomic E-state index is 13.0. The normalized spacial score (nSPS) is 10.8. The molecule has 0 atom stereocenters. The molecule has 0 aliphatic rings. The summed E-state index contributed by atoms with van der Waals surface area (Å²) in [6.45, 7) is 1.78. The fourth-order valence-electron chi connectivity index (χ4n) is 3.05. The first-order valence-electron chi connectivity index (χ1n) is 8.69. The van der Waals surface area contributed by atoms with E-state index in [0.717, 1.165) is 0 Å². The standard InChI is InChI=1S/C22H16FN3O2/c1-14-24-20-5-3-2-4-19(20)22(28)26(14)18-12-10-17(11-13-18)25-21(27)15-6-8-16(23)9-7-15/h2-13H,1H3,(H,25,27). The van der Waals surface area contributed by atoms with Crippen molar-refractivity contribution >= 4 is 22.5 Å². The Morgan fingerprint density at radius 1 is 0.964 bits per heavy atom. The molecular formula is C22H16FN3O2. The Bertz CT molecular complexity index is 1230. The van der Waals surface area contributed by atoms with Gasteiger partial charge in [0.1, 0.15) is 11.6 Å². The van der Waals surface area contributed by atoms with Crippen LogP contribution in [0.3, 0.4) is 0 Å². The molecule has 28 heavy (non-hydrogen) atoms. The van der Waals surface area contributed by atoms with Crippen molar-refractivity contribution in [1.29, 1.82) is 0 Å². The highest BCUT2D eigenvalue weighted by Gasteiger charge is 2.10. The fourth-order valence-corrected chi connectivity index (χ4v) is 3.05. The summed E-state index contributed by atoms with van der Waals surface area (Å²) < 4.78 is 14.5. The van der Waals surface area contributed by atoms with Crippen LogP contribution in [0.5, 0.6) is 0 Å². The highest BCUT2D eigenvalue weighted by molar-refractivity contribution is 6.04. The van der Waals surface area contributed by atoms with Crippen molar-refractivity contribution in [3.05, 3.63) is 100 Å². The molecule has 3 aromatic carbocycles. The second kappa shape index (κ2) is 7.08. The van der Waals surface area contributed by atoms with Gasteiger partial charge in [-0.05, 0) is 67.6 Å². The number of hydrogen-bond donors (Lipinski definition) is 1. The molecule has 1 amide bonds. The maximum Gasteiger partial charge on any atom is 0.265 e. The van der Waals surface area contributed by atoms with Crippen molar-refractivity contribution in [2.45, 2.75) is 6.92 Å². The molecule has 0 fully saturated rings. The lowest BCUT2D eigenvalue weighted by Gasteiger charge is -2.12. The molecule has 1 aromatic heterocycles. The summed E-state index contributed by atoms with van der Waals surface area (Å²) >= 11 is 0. The molecule has 0 radical (unpaired) electrons. The molecule has 4 aromatic rings. The van der Waals surface area contributed by atoms with Gasteiger partial charge in [0.05, 0.1) is 16.6 Å². The average molecular weight is 373 g/mol. The number of anilines is 1. The maximum atomic E-state index is 13.0. The van der Waals surface area contributed by atoms with Crippen molar-refractivity contribution in [3.63, 3.8) is 0 Å². The van der Waals surface area contributed by atoms with E-state index in [9.17, 15) is 14.0 Å². The summed E-state index contributed by atoms with van der Waals surface area (Å²) in [4.78, 5) is 29.6. The molecule has 0 saturated carbocycles. The third kappa shape index (κ3) is 3.27. The Labute approximate surface area is 160 Å². The lowest BCUT2D eigenvalue weighted by Crippen LogP contribution is -2.22. The van der Waals surface area contributed by atoms with Gasteiger partial charge >= 0.3 is 0 Å². The summed E-state index contributed by atoms with van der Waals surface area (Å²) in [5.41, 5.74) is 2.09. The third-order valence-electron chi connectivity index (χ3n) is 4.43. The number of carbonyl (C=O) groups excluding carboxylic acids is 1. The van der Waals surface area contributed by atoms with E-state index in [4.69, 9.17) is 0 Å². The van der Waals surface area contributed by atoms with Crippen molar-refractivity contribution in [2.24, 2.45) is 0 Å². The SMILES string of the molecule is Cc1nc2ccccc2c(=O)n1-c1ccc(NC(=O)c2ccc(F)cc2)cc1. The van der Waals surface area contributed by atoms with Gasteiger partial charge in [-0.25, -0.2) is 9.37 Å². The Morgan fingerprint density at radius 3 is 2.36 bits per heavy atom. The minimum absolute atomic E-state index is 0.147. The predicted octanol–water partition coefficient (Wildman–Crippen LogP) is 4.09. The highest BCUT2D eigenvalue weighted by atomic mass is 19.1. The van der Waals surface area contributed by atoms with Gasteiger partial charge in [-0.3, -0.25) is 14.2 Å². The Morgan fingerprint density at radius 2 is 1.64 bits per heavy atom. The summed E-state index contributed by atoms with van der Waals surface area (Å²) in [7, 11) is 0. The van der Waals surface area contributed by atoms with Crippen LogP contribution >= 0.6 is 0 Å². The van der Waals surface area contributed by atoms with Crippen LogP contribution in [0.1, 0.15) is 16.2 Å². The Kier molecular flexibility index (Phi) is 4.45. The van der Waals surface area contributed by atoms with E-state index < -0.39 is 5.82 Å². The molecule has 0 saturated heterocycles. The largest absolute Gasteiger partial charge is 0.322 e. The zero-order valence-corrected chi connectivity index (χ0v) is 15.0. The first-order chi connectivity index (χ1) is 13.5. The van der Waals surface area contributed by atoms with Gasteiger partial charge in [-0.1, -0.05) is 12.1 Å². The van der Waals surface area contributed by atoms with Crippen molar-refractivity contribution in [1.82, 2.24) is 9.55 Å². The number of aromatic nitrogens is 2. The molecule has 0 aliphatic carbocycles. The molecule has 5 nitrogen and oxygen atoms in total. The first kappa shape index (κ1) is 17.6. The minimum atomic E-state index is -0.397. The molecule has 0 aliphatic heterocycles. The number of nitrogens with zero attached hydrogens (tertiary/aromatic N) is 2. The zero-order chi connectivity index (χ0) is 19.7. The van der Waals surface area contributed by atoms with Crippen LogP contribution in [0.25, 0.3) is 16.6 Å². The molecular weight excluding hydrogens is 357 g/mol. The van der Waals surface area contributed by atoms with Gasteiger partial charge in [0, 0.05) is 11.3 Å². The fraction of sp³-hybridized carbons (Fsp3) is 0.0455. The third-order valence-corrected chi connectivity index (χ3v) is 4.43. The Hall–Kier alpha value is -3.80. The van der Waals surface area contributed by atoms with E-state index in [1.807, 2.05) is 12.1 Å². The van der Waals surface area contributed by atoms with Gasteiger partial charge in [-0.2, -0.15) is 0 Å². The summed E-state index contributed by atoms with van der Waals surface area (Å²) in [5.74, 6) is -0.161. The molecule has 0 bridgehead atoms. The van der Waals surface area contributed by atoms with E-state index in [1.165, 1.54) is 28.8 Å². The number of hydrogen-bond acceptors (Lipinski definition) is 3. The van der Waals surface area contributed by atoms with E-state index in [0.29, 0.717) is 33.7 Å². The quantitative estimate of drug-likeness (QED) is 0.588. The van der Waals surface area contributed by atoms with Crippen LogP contribution in [0, 0.1) is 12.7 Å². The van der Waals surface area contributed by atoms with Crippen molar-refractivity contribution in [2.75, 3.05) is 5.32 Å². The topological polar surface area (TPSA) is 64.0 Å². The monoisotopic (exact) mass is 373 g/mol. The van der Waals surface area contributed by atoms with Gasteiger partial charge in [-0.15, -0.1) is 0 Å². The van der Waals surface area contributed by atoms with Crippen LogP contribution in [0.4, 0.5) is 10.1 Å². The first-order valence-corrected chi connectivity index (χ1v) is 8.69. The molecule has 1 N–H and O–H groups in total. The van der Waals surface area contributed by atoms with Crippen LogP contribution in [0.15, 0.2) is 77.6 Å². The minimum Gasteiger partial charge on any atom is -0.322 e. The van der Waals surface area contributed by atoms with Gasteiger partial charge in [0.25, 0.3) is 11.5 Å². The number of benzene rings is 3. The Balaban J connectivity index is 1.63. The van der Waals surface area contributed by atoms with Crippen LogP contribution in [-0.2, 0) is 0 Å². The summed E-state index contributed by atoms with van der Waals surface area (Å²) in [6.07, 6.45) is 0. The second-order valence-corrected chi connectivity index (χ2v) is 6.32. The van der Waals surface area contributed by atoms with Crippen LogP contribution < -0.4 is 10.9 Å². The van der Waals surface area contributed by atoms with E-state index >= 15 is 0 Å². The van der Waals surface area contributed by atoms with E-state index in [2.05, 4.69) is 10.3 Å². The zero-order valence-electron chi connectivity index (χ0n) is 15.0. The molecule has 1 heterocycles. The molecule has 6 heteroatoms. The number of aryl methyl sites for hydroxylation is 1. The lowest BCUT2D eigenvalue weighted by molar-refractivity contribution is 0.102.